The molecule has 5 heteroatoms. The second-order valence-corrected chi connectivity index (χ2v) is 11.1. The fraction of sp³-hybridized carbons (Fsp3) is 0.200. The van der Waals surface area contributed by atoms with Crippen molar-refractivity contribution < 1.29 is 9.84 Å². The fourth-order valence-corrected chi connectivity index (χ4v) is 6.95. The lowest BCUT2D eigenvalue weighted by Gasteiger charge is -2.40. The van der Waals surface area contributed by atoms with Gasteiger partial charge in [-0.1, -0.05) is 96.6 Å². The minimum absolute atomic E-state index is 0.193. The number of benzene rings is 4. The smallest absolute Gasteiger partial charge is 0.257 e. The molecule has 3 atom stereocenters. The highest BCUT2D eigenvalue weighted by Crippen LogP contribution is 2.68. The van der Waals surface area contributed by atoms with E-state index >= 15 is 0 Å². The molecule has 1 aliphatic carbocycles. The molecule has 0 fully saturated rings. The van der Waals surface area contributed by atoms with Crippen LogP contribution < -0.4 is 10.3 Å². The Morgan fingerprint density at radius 2 is 1.50 bits per heavy atom. The molecule has 1 aliphatic heterocycles. The Bertz CT molecular complexity index is 1840. The molecule has 2 heterocycles. The van der Waals surface area contributed by atoms with Gasteiger partial charge in [0.1, 0.15) is 11.6 Å². The molecule has 0 unspecified atom stereocenters. The van der Waals surface area contributed by atoms with Crippen molar-refractivity contribution in [1.82, 2.24) is 9.55 Å². The fourth-order valence-electron chi connectivity index (χ4n) is 6.95. The maximum atomic E-state index is 14.4. The third kappa shape index (κ3) is 3.07. The first kappa shape index (κ1) is 24.6. The van der Waals surface area contributed by atoms with E-state index in [-0.39, 0.29) is 5.56 Å². The molecule has 7 rings (SSSR count). The summed E-state index contributed by atoms with van der Waals surface area (Å²) in [6.07, 6.45) is 0. The van der Waals surface area contributed by atoms with Crippen molar-refractivity contribution in [2.24, 2.45) is 7.05 Å². The predicted molar refractivity (Wildman–Crippen MR) is 156 cm³/mol. The van der Waals surface area contributed by atoms with Gasteiger partial charge in [-0.3, -0.25) is 9.36 Å². The molecule has 2 aliphatic rings. The molecule has 0 amide bonds. The molecular weight excluding hydrogens is 496 g/mol. The van der Waals surface area contributed by atoms with Crippen LogP contribution in [0.15, 0.2) is 102 Å². The summed E-state index contributed by atoms with van der Waals surface area (Å²) in [4.78, 5) is 19.6. The highest BCUT2D eigenvalue weighted by Gasteiger charge is 2.73. The van der Waals surface area contributed by atoms with E-state index in [1.165, 1.54) is 0 Å². The number of aromatic nitrogens is 2. The van der Waals surface area contributed by atoms with Gasteiger partial charge in [0.2, 0.25) is 0 Å². The largest absolute Gasteiger partial charge is 0.477 e. The van der Waals surface area contributed by atoms with Crippen molar-refractivity contribution in [3.8, 4) is 17.1 Å². The van der Waals surface area contributed by atoms with E-state index in [9.17, 15) is 9.90 Å². The van der Waals surface area contributed by atoms with Gasteiger partial charge >= 0.3 is 0 Å². The van der Waals surface area contributed by atoms with Crippen molar-refractivity contribution in [3.63, 3.8) is 0 Å². The SMILES string of the molecule is Cc1ccc([C@@]23Oc4cc(C)cc(C)c4[C@]2(O)c2nc(-c4ccccc4)n(C)c(=O)c2[C@H]3c2ccccc2)cc1. The Labute approximate surface area is 233 Å². The molecule has 0 saturated carbocycles. The standard InChI is InChI=1S/C35H30N2O3/c1-21-15-17-26(18-16-21)35-30(24-11-7-5-8-12-24)28-31(34(35,39)29-23(3)19-22(2)20-27(29)40-35)36-32(37(4)33(28)38)25-13-9-6-10-14-25/h5-20,30,39H,1-4H3/t30-,34+,35+/m1/s1. The van der Waals surface area contributed by atoms with Crippen molar-refractivity contribution in [3.05, 3.63) is 152 Å². The van der Waals surface area contributed by atoms with E-state index < -0.39 is 17.1 Å². The van der Waals surface area contributed by atoms with Crippen LogP contribution in [0.4, 0.5) is 0 Å². The third-order valence-electron chi connectivity index (χ3n) is 8.62. The molecule has 1 N–H and O–H groups in total. The van der Waals surface area contributed by atoms with Gasteiger partial charge < -0.3 is 9.84 Å². The average Bonchev–Trinajstić information content (AvgIpc) is 3.34. The Balaban J connectivity index is 1.67. The topological polar surface area (TPSA) is 64.3 Å². The summed E-state index contributed by atoms with van der Waals surface area (Å²) >= 11 is 0. The lowest BCUT2D eigenvalue weighted by atomic mass is 9.69. The summed E-state index contributed by atoms with van der Waals surface area (Å²) in [5.41, 5.74) is 3.74. The maximum Gasteiger partial charge on any atom is 0.257 e. The van der Waals surface area contributed by atoms with E-state index in [2.05, 4.69) is 6.07 Å². The van der Waals surface area contributed by atoms with Crippen LogP contribution in [0.2, 0.25) is 0 Å². The molecule has 5 nitrogen and oxygen atoms in total. The van der Waals surface area contributed by atoms with E-state index in [1.807, 2.05) is 112 Å². The third-order valence-corrected chi connectivity index (χ3v) is 8.62. The van der Waals surface area contributed by atoms with Crippen LogP contribution in [0.3, 0.4) is 0 Å². The van der Waals surface area contributed by atoms with Gasteiger partial charge in [-0.15, -0.1) is 0 Å². The number of rotatable bonds is 3. The van der Waals surface area contributed by atoms with Gasteiger partial charge in [-0.2, -0.15) is 0 Å². The first-order valence-electron chi connectivity index (χ1n) is 13.6. The van der Waals surface area contributed by atoms with Crippen LogP contribution in [-0.4, -0.2) is 14.7 Å². The number of fused-ring (bicyclic) bond motifs is 5. The average molecular weight is 527 g/mol. The number of ether oxygens (including phenoxy) is 1. The van der Waals surface area contributed by atoms with Gasteiger partial charge in [0.05, 0.1) is 17.2 Å². The number of hydrogen-bond acceptors (Lipinski definition) is 4. The first-order chi connectivity index (χ1) is 19.3. The molecule has 0 bridgehead atoms. The molecule has 1 aromatic heterocycles. The van der Waals surface area contributed by atoms with Crippen molar-refractivity contribution in [2.75, 3.05) is 0 Å². The van der Waals surface area contributed by atoms with Gasteiger partial charge in [-0.05, 0) is 43.5 Å². The first-order valence-corrected chi connectivity index (χ1v) is 13.6. The Hall–Kier alpha value is -4.48. The Morgan fingerprint density at radius 3 is 2.17 bits per heavy atom. The van der Waals surface area contributed by atoms with Crippen LogP contribution >= 0.6 is 0 Å². The second-order valence-electron chi connectivity index (χ2n) is 11.1. The molecule has 5 aromatic rings. The van der Waals surface area contributed by atoms with Gasteiger partial charge in [-0.25, -0.2) is 4.98 Å². The van der Waals surface area contributed by atoms with Gasteiger partial charge in [0.15, 0.2) is 11.2 Å². The lowest BCUT2D eigenvalue weighted by molar-refractivity contribution is -0.0905. The number of hydrogen-bond donors (Lipinski definition) is 1. The molecule has 0 radical (unpaired) electrons. The van der Waals surface area contributed by atoms with E-state index in [0.29, 0.717) is 28.4 Å². The zero-order chi connectivity index (χ0) is 27.8. The molecular formula is C35H30N2O3. The minimum atomic E-state index is -1.72. The van der Waals surface area contributed by atoms with Crippen molar-refractivity contribution in [2.45, 2.75) is 37.9 Å². The van der Waals surface area contributed by atoms with Gasteiger partial charge in [0.25, 0.3) is 5.56 Å². The van der Waals surface area contributed by atoms with E-state index in [0.717, 1.165) is 33.4 Å². The summed E-state index contributed by atoms with van der Waals surface area (Å²) in [5, 5.41) is 13.4. The Kier molecular flexibility index (Phi) is 5.22. The zero-order valence-electron chi connectivity index (χ0n) is 23.0. The zero-order valence-corrected chi connectivity index (χ0v) is 23.0. The Morgan fingerprint density at radius 1 is 0.850 bits per heavy atom. The predicted octanol–water partition coefficient (Wildman–Crippen LogP) is 6.04. The lowest BCUT2D eigenvalue weighted by Crippen LogP contribution is -2.49. The highest BCUT2D eigenvalue weighted by atomic mass is 16.5. The summed E-state index contributed by atoms with van der Waals surface area (Å²) in [7, 11) is 1.75. The molecule has 4 aromatic carbocycles. The van der Waals surface area contributed by atoms with Crippen LogP contribution in [0.5, 0.6) is 5.75 Å². The quantitative estimate of drug-likeness (QED) is 0.311. The number of aryl methyl sites for hydroxylation is 3. The van der Waals surface area contributed by atoms with Crippen LogP contribution in [0.1, 0.15) is 50.6 Å². The van der Waals surface area contributed by atoms with Crippen LogP contribution in [-0.2, 0) is 18.2 Å². The molecule has 40 heavy (non-hydrogen) atoms. The molecule has 0 spiro atoms. The number of nitrogens with zero attached hydrogens (tertiary/aromatic N) is 2. The van der Waals surface area contributed by atoms with E-state index in [4.69, 9.17) is 9.72 Å². The summed E-state index contributed by atoms with van der Waals surface area (Å²) in [6.45, 7) is 6.05. The van der Waals surface area contributed by atoms with Crippen molar-refractivity contribution >= 4 is 0 Å². The monoisotopic (exact) mass is 526 g/mol. The maximum absolute atomic E-state index is 14.4. The van der Waals surface area contributed by atoms with Crippen LogP contribution in [0, 0.1) is 20.8 Å². The van der Waals surface area contributed by atoms with Gasteiger partial charge in [0, 0.05) is 23.7 Å². The van der Waals surface area contributed by atoms with E-state index in [1.54, 1.807) is 11.6 Å². The highest BCUT2D eigenvalue weighted by molar-refractivity contribution is 5.68. The minimum Gasteiger partial charge on any atom is -0.477 e. The number of aliphatic hydroxyl groups is 1. The molecule has 0 saturated heterocycles. The van der Waals surface area contributed by atoms with Crippen LogP contribution in [0.25, 0.3) is 11.4 Å². The summed E-state index contributed by atoms with van der Waals surface area (Å²) in [6, 6.07) is 31.7. The second kappa shape index (κ2) is 8.51. The molecule has 198 valence electrons. The summed E-state index contributed by atoms with van der Waals surface area (Å²) in [5.74, 6) is 0.512. The summed E-state index contributed by atoms with van der Waals surface area (Å²) < 4.78 is 8.66. The normalized spacial score (nSPS) is 22.4. The van der Waals surface area contributed by atoms with Crippen molar-refractivity contribution in [1.29, 1.82) is 0 Å².